The second-order valence-electron chi connectivity index (χ2n) is 25.5. The van der Waals surface area contributed by atoms with Crippen molar-refractivity contribution < 1.29 is 76.6 Å². The number of carbonyl (C=O) groups excluding carboxylic acids is 8. The van der Waals surface area contributed by atoms with E-state index in [0.717, 1.165) is 69.8 Å². The molecule has 5 rings (SSSR count). The number of aliphatic hydroxyl groups excluding tert-OH is 1. The first-order valence-corrected chi connectivity index (χ1v) is 36.2. The van der Waals surface area contributed by atoms with Gasteiger partial charge in [0, 0.05) is 37.8 Å². The Morgan fingerprint density at radius 3 is 1.37 bits per heavy atom. The Balaban J connectivity index is 1.38. The highest BCUT2D eigenvalue weighted by atomic mass is 16.7. The summed E-state index contributed by atoms with van der Waals surface area (Å²) in [5.74, 6) is -4.99. The van der Waals surface area contributed by atoms with Crippen molar-refractivity contribution in [3.8, 4) is 0 Å². The van der Waals surface area contributed by atoms with Gasteiger partial charge in [-0.25, -0.2) is 4.79 Å². The Morgan fingerprint density at radius 1 is 0.464 bits per heavy atom. The minimum atomic E-state index is -1.79. The lowest BCUT2D eigenvalue weighted by Gasteiger charge is -2.44. The van der Waals surface area contributed by atoms with Crippen LogP contribution < -0.4 is 16.0 Å². The zero-order valence-electron chi connectivity index (χ0n) is 57.8. The van der Waals surface area contributed by atoms with Gasteiger partial charge in [-0.1, -0.05) is 258 Å². The van der Waals surface area contributed by atoms with E-state index < -0.39 is 104 Å². The molecule has 0 saturated carbocycles. The summed E-state index contributed by atoms with van der Waals surface area (Å²) in [6.45, 7) is 3.85. The molecule has 6 atom stereocenters. The van der Waals surface area contributed by atoms with Crippen molar-refractivity contribution in [2.45, 2.75) is 282 Å². The lowest BCUT2D eigenvalue weighted by atomic mass is 9.95. The Kier molecular flexibility index (Phi) is 41.3. The third-order valence-corrected chi connectivity index (χ3v) is 17.2. The summed E-state index contributed by atoms with van der Waals surface area (Å²) in [5, 5.41) is 21.0. The molecule has 4 aromatic carbocycles. The monoisotopic (exact) mass is 1350 g/mol. The number of hydrogen-bond acceptors (Lipinski definition) is 16. The van der Waals surface area contributed by atoms with Gasteiger partial charge in [0.2, 0.25) is 11.8 Å². The van der Waals surface area contributed by atoms with Crippen LogP contribution in [0.5, 0.6) is 0 Å². The van der Waals surface area contributed by atoms with Crippen LogP contribution in [-0.2, 0) is 86.5 Å². The predicted molar refractivity (Wildman–Crippen MR) is 371 cm³/mol. The summed E-state index contributed by atoms with van der Waals surface area (Å²) in [6.07, 6.45) is 15.3. The number of benzene rings is 4. The van der Waals surface area contributed by atoms with Crippen molar-refractivity contribution in [2.75, 3.05) is 13.2 Å². The summed E-state index contributed by atoms with van der Waals surface area (Å²) in [4.78, 5) is 110. The van der Waals surface area contributed by atoms with E-state index in [9.17, 15) is 43.5 Å². The van der Waals surface area contributed by atoms with Gasteiger partial charge in [-0.2, -0.15) is 0 Å². The number of carbonyl (C=O) groups is 8. The van der Waals surface area contributed by atoms with E-state index in [0.29, 0.717) is 55.3 Å². The summed E-state index contributed by atoms with van der Waals surface area (Å²) < 4.78 is 42.1. The molecule has 3 amide bonds. The second kappa shape index (κ2) is 49.9. The van der Waals surface area contributed by atoms with E-state index in [2.05, 4.69) is 29.8 Å². The average molecular weight is 1350 g/mol. The van der Waals surface area contributed by atoms with Gasteiger partial charge in [-0.3, -0.25) is 33.6 Å². The van der Waals surface area contributed by atoms with Crippen LogP contribution in [0.1, 0.15) is 246 Å². The van der Waals surface area contributed by atoms with Crippen LogP contribution in [0.3, 0.4) is 0 Å². The van der Waals surface area contributed by atoms with E-state index in [1.54, 1.807) is 84.9 Å². The van der Waals surface area contributed by atoms with Crippen LogP contribution in [-0.4, -0.2) is 109 Å². The van der Waals surface area contributed by atoms with Crippen LogP contribution in [0.15, 0.2) is 121 Å². The fraction of sp³-hybridized carbons (Fsp3) is 0.590. The van der Waals surface area contributed by atoms with E-state index in [4.69, 9.17) is 33.2 Å². The molecule has 4 aromatic rings. The lowest BCUT2D eigenvalue weighted by Crippen LogP contribution is -2.66. The standard InChI is InChI=1S/C78H111N3O16/c1-3-5-7-9-11-13-15-17-19-21-36-49-68(83)81-73-75(97-70(85)50-38-22-20-18-16-14-12-10-8-6-4-2)74(88)66(96-78(73)95-64(54-71(86)92-57-61-42-30-24-31-43-61)55-72(87)93-58-62-44-32-25-33-45-62)59-94-77(90)65(51-52-69(84)91-56-60-40-28-23-29-41-60)80-67(82)48-37-27-39-53-79-76(89)63-46-34-26-35-47-63/h23-26,28-35,40-47,64-66,73-75,78,88H,3-22,27,36-39,48-59H2,1-2H3,(H,79,89)(H,80,82)(H,81,83)/t65-,66-,73-,74-,75-,78+/m1/s1. The Bertz CT molecular complexity index is 2770. The van der Waals surface area contributed by atoms with Crippen molar-refractivity contribution in [3.63, 3.8) is 0 Å². The fourth-order valence-corrected chi connectivity index (χ4v) is 11.5. The largest absolute Gasteiger partial charge is 0.461 e. The first kappa shape index (κ1) is 80.2. The number of rotatable bonds is 52. The first-order chi connectivity index (χ1) is 47.3. The molecule has 4 N–H and O–H groups in total. The molecule has 0 unspecified atom stereocenters. The maximum absolute atomic E-state index is 14.4. The van der Waals surface area contributed by atoms with Crippen molar-refractivity contribution in [3.05, 3.63) is 144 Å². The molecular formula is C78H111N3O16. The molecule has 0 spiro atoms. The van der Waals surface area contributed by atoms with Crippen LogP contribution >= 0.6 is 0 Å². The SMILES string of the molecule is CCCCCCCCCCCCCC(=O)N[C@H]1[C@@H](OC(CC(=O)OCc2ccccc2)CC(=O)OCc2ccccc2)O[C@H](COC(=O)[C@@H](CCC(=O)OCc2ccccc2)NC(=O)CCCCCNC(=O)c2ccccc2)[C@@H](O)[C@@H]1OC(=O)CCCCCCCCCCCCC. The van der Waals surface area contributed by atoms with Crippen LogP contribution in [0.4, 0.5) is 0 Å². The van der Waals surface area contributed by atoms with Crippen LogP contribution in [0.25, 0.3) is 0 Å². The topological polar surface area (TPSA) is 257 Å². The molecular weight excluding hydrogens is 1230 g/mol. The quantitative estimate of drug-likeness (QED) is 0.0182. The summed E-state index contributed by atoms with van der Waals surface area (Å²) in [6, 6.07) is 33.0. The molecule has 19 heteroatoms. The van der Waals surface area contributed by atoms with E-state index in [-0.39, 0.29) is 57.8 Å². The number of hydrogen-bond donors (Lipinski definition) is 4. The maximum Gasteiger partial charge on any atom is 0.328 e. The van der Waals surface area contributed by atoms with Crippen molar-refractivity contribution in [1.82, 2.24) is 16.0 Å². The lowest BCUT2D eigenvalue weighted by molar-refractivity contribution is -0.286. The van der Waals surface area contributed by atoms with Gasteiger partial charge >= 0.3 is 29.8 Å². The molecule has 97 heavy (non-hydrogen) atoms. The average Bonchev–Trinajstić information content (AvgIpc) is 0.794. The Hall–Kier alpha value is -7.48. The number of ether oxygens (including phenoxy) is 7. The van der Waals surface area contributed by atoms with Crippen molar-refractivity contribution in [1.29, 1.82) is 0 Å². The molecule has 0 radical (unpaired) electrons. The number of aliphatic hydroxyl groups is 1. The van der Waals surface area contributed by atoms with E-state index in [1.165, 1.54) is 64.2 Å². The highest BCUT2D eigenvalue weighted by Gasteiger charge is 2.50. The highest BCUT2D eigenvalue weighted by Crippen LogP contribution is 2.29. The normalized spacial score (nSPS) is 16.1. The number of unbranched alkanes of at least 4 members (excludes halogenated alkanes) is 22. The molecule has 19 nitrogen and oxygen atoms in total. The fourth-order valence-electron chi connectivity index (χ4n) is 11.5. The Labute approximate surface area is 576 Å². The highest BCUT2D eigenvalue weighted by molar-refractivity contribution is 5.94. The number of nitrogens with one attached hydrogen (secondary N) is 3. The van der Waals surface area contributed by atoms with Crippen LogP contribution in [0.2, 0.25) is 0 Å². The summed E-state index contributed by atoms with van der Waals surface area (Å²) >= 11 is 0. The first-order valence-electron chi connectivity index (χ1n) is 36.2. The molecule has 534 valence electrons. The molecule has 1 saturated heterocycles. The second-order valence-corrected chi connectivity index (χ2v) is 25.5. The van der Waals surface area contributed by atoms with Gasteiger partial charge in [-0.05, 0) is 60.9 Å². The van der Waals surface area contributed by atoms with Crippen molar-refractivity contribution >= 4 is 47.6 Å². The van der Waals surface area contributed by atoms with Gasteiger partial charge in [0.15, 0.2) is 12.4 Å². The predicted octanol–water partition coefficient (Wildman–Crippen LogP) is 14.1. The van der Waals surface area contributed by atoms with Gasteiger partial charge in [0.05, 0.1) is 18.9 Å². The summed E-state index contributed by atoms with van der Waals surface area (Å²) in [7, 11) is 0. The molecule has 1 aliphatic heterocycles. The molecule has 1 heterocycles. The van der Waals surface area contributed by atoms with Gasteiger partial charge in [-0.15, -0.1) is 0 Å². The third kappa shape index (κ3) is 35.6. The smallest absolute Gasteiger partial charge is 0.328 e. The number of esters is 5. The summed E-state index contributed by atoms with van der Waals surface area (Å²) in [5.41, 5.74) is 2.69. The van der Waals surface area contributed by atoms with Gasteiger partial charge in [0.1, 0.15) is 50.7 Å². The zero-order valence-corrected chi connectivity index (χ0v) is 57.8. The number of amides is 3. The molecule has 1 aliphatic rings. The molecule has 0 aromatic heterocycles. The van der Waals surface area contributed by atoms with E-state index in [1.807, 2.05) is 36.4 Å². The maximum atomic E-state index is 14.4. The Morgan fingerprint density at radius 2 is 0.887 bits per heavy atom. The molecule has 0 aliphatic carbocycles. The van der Waals surface area contributed by atoms with Crippen molar-refractivity contribution in [2.24, 2.45) is 0 Å². The minimum Gasteiger partial charge on any atom is -0.461 e. The minimum absolute atomic E-state index is 0.00228. The molecule has 0 bridgehead atoms. The zero-order chi connectivity index (χ0) is 69.3. The van der Waals surface area contributed by atoms with Gasteiger partial charge < -0.3 is 54.2 Å². The van der Waals surface area contributed by atoms with E-state index >= 15 is 0 Å². The van der Waals surface area contributed by atoms with Gasteiger partial charge in [0.25, 0.3) is 5.91 Å². The molecule has 1 fully saturated rings. The third-order valence-electron chi connectivity index (χ3n) is 17.2. The van der Waals surface area contributed by atoms with Crippen LogP contribution in [0, 0.1) is 0 Å².